The molecule has 0 aliphatic heterocycles. The fourth-order valence-corrected chi connectivity index (χ4v) is 1.73. The zero-order valence-corrected chi connectivity index (χ0v) is 9.41. The number of aromatic nitrogens is 1. The molecule has 6 nitrogen and oxygen atoms in total. The second-order valence-electron chi connectivity index (χ2n) is 3.58. The second-order valence-corrected chi connectivity index (χ2v) is 3.58. The summed E-state index contributed by atoms with van der Waals surface area (Å²) in [5.74, 6) is -1.11. The first-order chi connectivity index (χ1) is 8.58. The Hall–Kier alpha value is -2.63. The number of ether oxygens (including phenoxy) is 1. The summed E-state index contributed by atoms with van der Waals surface area (Å²) in [7, 11) is 1.20. The molecule has 0 aliphatic carbocycles. The van der Waals surface area contributed by atoms with Gasteiger partial charge in [-0.25, -0.2) is 9.59 Å². The van der Waals surface area contributed by atoms with Gasteiger partial charge in [-0.3, -0.25) is 9.36 Å². The summed E-state index contributed by atoms with van der Waals surface area (Å²) < 4.78 is 5.67. The third-order valence-electron chi connectivity index (χ3n) is 2.58. The number of carbonyl (C=O) groups excluding carboxylic acids is 2. The highest BCUT2D eigenvalue weighted by atomic mass is 16.5. The highest BCUT2D eigenvalue weighted by Crippen LogP contribution is 2.22. The predicted octanol–water partition coefficient (Wildman–Crippen LogP) is 1.77. The van der Waals surface area contributed by atoms with Gasteiger partial charge in [-0.1, -0.05) is 6.07 Å². The summed E-state index contributed by atoms with van der Waals surface area (Å²) in [6.45, 7) is 0. The Balaban J connectivity index is 2.77. The van der Waals surface area contributed by atoms with E-state index in [0.717, 1.165) is 4.57 Å². The average Bonchev–Trinajstić information content (AvgIpc) is 2.75. The maximum Gasteiger partial charge on any atom is 0.418 e. The minimum absolute atomic E-state index is 0.0307. The van der Waals surface area contributed by atoms with Crippen LogP contribution < -0.4 is 0 Å². The van der Waals surface area contributed by atoms with Crippen LogP contribution in [0.2, 0.25) is 0 Å². The minimum atomic E-state index is -1.11. The quantitative estimate of drug-likeness (QED) is 0.817. The van der Waals surface area contributed by atoms with Crippen molar-refractivity contribution in [3.63, 3.8) is 0 Å². The lowest BCUT2D eigenvalue weighted by molar-refractivity contribution is 0.0696. The molecule has 1 aromatic carbocycles. The Morgan fingerprint density at radius 1 is 1.39 bits per heavy atom. The Kier molecular flexibility index (Phi) is 2.85. The molecule has 2 aromatic rings. The molecular formula is C12H9NO5. The molecule has 0 bridgehead atoms. The summed E-state index contributed by atoms with van der Waals surface area (Å²) in [5.41, 5.74) is 0.652. The summed E-state index contributed by atoms with van der Waals surface area (Å²) in [5, 5.41) is 9.40. The van der Waals surface area contributed by atoms with E-state index < -0.39 is 12.1 Å². The zero-order valence-electron chi connectivity index (χ0n) is 9.41. The number of methoxy groups -OCH3 is 1. The number of rotatable bonds is 2. The third kappa shape index (κ3) is 1.73. The van der Waals surface area contributed by atoms with Crippen molar-refractivity contribution in [1.29, 1.82) is 0 Å². The van der Waals surface area contributed by atoms with Crippen LogP contribution in [0.3, 0.4) is 0 Å². The number of nitrogens with zero attached hydrogens (tertiary/aromatic N) is 1. The van der Waals surface area contributed by atoms with Crippen LogP contribution >= 0.6 is 0 Å². The molecular weight excluding hydrogens is 238 g/mol. The Morgan fingerprint density at radius 2 is 2.11 bits per heavy atom. The lowest BCUT2D eigenvalue weighted by Crippen LogP contribution is -2.10. The van der Waals surface area contributed by atoms with Gasteiger partial charge in [0.15, 0.2) is 6.29 Å². The van der Waals surface area contributed by atoms with E-state index in [2.05, 4.69) is 4.74 Å². The molecule has 0 saturated carbocycles. The molecule has 92 valence electrons. The van der Waals surface area contributed by atoms with Crippen molar-refractivity contribution in [1.82, 2.24) is 4.57 Å². The van der Waals surface area contributed by atoms with Crippen molar-refractivity contribution in [3.05, 3.63) is 35.5 Å². The van der Waals surface area contributed by atoms with Gasteiger partial charge in [0.2, 0.25) is 0 Å². The molecule has 6 heteroatoms. The molecule has 1 N–H and O–H groups in total. The fraction of sp³-hybridized carbons (Fsp3) is 0.0833. The van der Waals surface area contributed by atoms with Gasteiger partial charge in [0.25, 0.3) is 0 Å². The number of hydrogen-bond donors (Lipinski definition) is 1. The van der Waals surface area contributed by atoms with E-state index in [1.165, 1.54) is 31.5 Å². The summed E-state index contributed by atoms with van der Waals surface area (Å²) >= 11 is 0. The second kappa shape index (κ2) is 4.33. The lowest BCUT2D eigenvalue weighted by atomic mass is 10.1. The third-order valence-corrected chi connectivity index (χ3v) is 2.58. The van der Waals surface area contributed by atoms with Crippen LogP contribution in [0.15, 0.2) is 24.4 Å². The Bertz CT molecular complexity index is 656. The van der Waals surface area contributed by atoms with Crippen molar-refractivity contribution >= 4 is 29.3 Å². The van der Waals surface area contributed by atoms with Crippen LogP contribution in [0.5, 0.6) is 0 Å². The van der Waals surface area contributed by atoms with Gasteiger partial charge in [0.1, 0.15) is 0 Å². The van der Waals surface area contributed by atoms with Crippen molar-refractivity contribution in [3.8, 4) is 0 Å². The van der Waals surface area contributed by atoms with Crippen LogP contribution in [-0.4, -0.2) is 35.1 Å². The van der Waals surface area contributed by atoms with Crippen LogP contribution in [0.25, 0.3) is 10.9 Å². The van der Waals surface area contributed by atoms with E-state index in [1.807, 2.05) is 0 Å². The molecule has 2 rings (SSSR count). The fourth-order valence-electron chi connectivity index (χ4n) is 1.73. The number of benzene rings is 1. The molecule has 0 atom stereocenters. The van der Waals surface area contributed by atoms with E-state index in [0.29, 0.717) is 22.8 Å². The topological polar surface area (TPSA) is 85.6 Å². The Morgan fingerprint density at radius 3 is 2.67 bits per heavy atom. The highest BCUT2D eigenvalue weighted by molar-refractivity contribution is 6.03. The van der Waals surface area contributed by atoms with Crippen LogP contribution in [0.4, 0.5) is 4.79 Å². The maximum absolute atomic E-state index is 11.5. The maximum atomic E-state index is 11.5. The van der Waals surface area contributed by atoms with Crippen LogP contribution in [-0.2, 0) is 4.74 Å². The molecule has 0 fully saturated rings. The number of carboxylic acid groups (broad SMARTS) is 1. The molecule has 1 aromatic heterocycles. The number of aldehydes is 1. The van der Waals surface area contributed by atoms with Crippen molar-refractivity contribution in [2.24, 2.45) is 0 Å². The largest absolute Gasteiger partial charge is 0.478 e. The number of aromatic carboxylic acids is 1. The van der Waals surface area contributed by atoms with Crippen LogP contribution in [0, 0.1) is 0 Å². The monoisotopic (exact) mass is 247 g/mol. The van der Waals surface area contributed by atoms with Crippen LogP contribution in [0.1, 0.15) is 20.7 Å². The van der Waals surface area contributed by atoms with Gasteiger partial charge in [-0.2, -0.15) is 0 Å². The molecule has 0 radical (unpaired) electrons. The van der Waals surface area contributed by atoms with Gasteiger partial charge in [-0.05, 0) is 12.1 Å². The van der Waals surface area contributed by atoms with E-state index in [4.69, 9.17) is 5.11 Å². The average molecular weight is 247 g/mol. The molecule has 18 heavy (non-hydrogen) atoms. The summed E-state index contributed by atoms with van der Waals surface area (Å²) in [6, 6.07) is 4.18. The van der Waals surface area contributed by atoms with E-state index in [1.54, 1.807) is 0 Å². The zero-order chi connectivity index (χ0) is 13.3. The number of carbonyl (C=O) groups is 3. The molecule has 1 heterocycles. The number of fused-ring (bicyclic) bond motifs is 1. The lowest BCUT2D eigenvalue weighted by Gasteiger charge is -2.02. The normalized spacial score (nSPS) is 10.3. The molecule has 0 saturated heterocycles. The Labute approximate surface area is 101 Å². The number of hydrogen-bond acceptors (Lipinski definition) is 4. The van der Waals surface area contributed by atoms with E-state index in [-0.39, 0.29) is 5.56 Å². The molecule has 0 spiro atoms. The van der Waals surface area contributed by atoms with Gasteiger partial charge < -0.3 is 9.84 Å². The highest BCUT2D eigenvalue weighted by Gasteiger charge is 2.15. The first-order valence-electron chi connectivity index (χ1n) is 5.00. The minimum Gasteiger partial charge on any atom is -0.478 e. The first kappa shape index (κ1) is 11.8. The first-order valence-corrected chi connectivity index (χ1v) is 5.00. The van der Waals surface area contributed by atoms with Gasteiger partial charge in [0.05, 0.1) is 18.2 Å². The predicted molar refractivity (Wildman–Crippen MR) is 62.1 cm³/mol. The van der Waals surface area contributed by atoms with Gasteiger partial charge in [0, 0.05) is 17.1 Å². The van der Waals surface area contributed by atoms with Gasteiger partial charge >= 0.3 is 12.1 Å². The molecule has 0 amide bonds. The smallest absolute Gasteiger partial charge is 0.418 e. The van der Waals surface area contributed by atoms with E-state index >= 15 is 0 Å². The van der Waals surface area contributed by atoms with Crippen molar-refractivity contribution in [2.45, 2.75) is 0 Å². The van der Waals surface area contributed by atoms with Crippen molar-refractivity contribution in [2.75, 3.05) is 7.11 Å². The molecule has 0 unspecified atom stereocenters. The van der Waals surface area contributed by atoms with Gasteiger partial charge in [-0.15, -0.1) is 0 Å². The molecule has 0 aliphatic rings. The number of carboxylic acids is 1. The SMILES string of the molecule is COC(=O)n1cc(C=O)c2ccc(C(=O)O)cc21. The standard InChI is InChI=1S/C12H9NO5/c1-18-12(17)13-5-8(6-14)9-3-2-7(11(15)16)4-10(9)13/h2-6H,1H3,(H,15,16). The van der Waals surface area contributed by atoms with Crippen molar-refractivity contribution < 1.29 is 24.2 Å². The van der Waals surface area contributed by atoms with E-state index in [9.17, 15) is 14.4 Å². The summed E-state index contributed by atoms with van der Waals surface area (Å²) in [4.78, 5) is 33.3. The summed E-state index contributed by atoms with van der Waals surface area (Å²) in [6.07, 6.45) is 1.23.